The highest BCUT2D eigenvalue weighted by atomic mass is 14.0. The molecular weight excluding hydrogens is 408 g/mol. The fraction of sp³-hybridized carbons (Fsp3) is 0.176. The summed E-state index contributed by atoms with van der Waals surface area (Å²) >= 11 is 0. The predicted molar refractivity (Wildman–Crippen MR) is 152 cm³/mol. The van der Waals surface area contributed by atoms with Gasteiger partial charge in [0.1, 0.15) is 0 Å². The van der Waals surface area contributed by atoms with Gasteiger partial charge in [0.15, 0.2) is 0 Å². The van der Waals surface area contributed by atoms with Gasteiger partial charge in [0, 0.05) is 0 Å². The second-order valence-corrected chi connectivity index (χ2v) is 8.18. The first-order chi connectivity index (χ1) is 16.5. The Morgan fingerprint density at radius 1 is 0.441 bits per heavy atom. The minimum atomic E-state index is 0.473. The molecule has 0 fully saturated rings. The van der Waals surface area contributed by atoms with Crippen molar-refractivity contribution in [2.75, 3.05) is 0 Å². The summed E-state index contributed by atoms with van der Waals surface area (Å²) < 4.78 is 0. The quantitative estimate of drug-likeness (QED) is 0.272. The number of hydrogen-bond donors (Lipinski definition) is 0. The van der Waals surface area contributed by atoms with E-state index >= 15 is 0 Å². The molecule has 4 aromatic carbocycles. The van der Waals surface area contributed by atoms with Crippen molar-refractivity contribution in [2.24, 2.45) is 0 Å². The van der Waals surface area contributed by atoms with Crippen molar-refractivity contribution in [1.82, 2.24) is 0 Å². The lowest BCUT2D eigenvalue weighted by Gasteiger charge is -2.03. The van der Waals surface area contributed by atoms with Gasteiger partial charge in [0.05, 0.1) is 0 Å². The van der Waals surface area contributed by atoms with E-state index in [4.69, 9.17) is 0 Å². The van der Waals surface area contributed by atoms with Crippen molar-refractivity contribution in [3.05, 3.63) is 169 Å². The number of hydrogen-bond acceptors (Lipinski definition) is 0. The molecule has 2 atom stereocenters. The fourth-order valence-electron chi connectivity index (χ4n) is 2.85. The molecule has 0 aromatic heterocycles. The third-order valence-electron chi connectivity index (χ3n) is 5.24. The zero-order chi connectivity index (χ0) is 25.0. The van der Waals surface area contributed by atoms with Gasteiger partial charge in [-0.25, -0.2) is 0 Å². The van der Waals surface area contributed by atoms with Gasteiger partial charge in [-0.05, 0) is 36.8 Å². The van der Waals surface area contributed by atoms with Crippen LogP contribution in [0.1, 0.15) is 47.9 Å². The smallest absolute Gasteiger partial charge is 0.00131 e. The van der Waals surface area contributed by atoms with Crippen molar-refractivity contribution in [3.63, 3.8) is 0 Å². The van der Waals surface area contributed by atoms with Crippen LogP contribution in [-0.4, -0.2) is 0 Å². The molecule has 0 radical (unpaired) electrons. The van der Waals surface area contributed by atoms with Crippen LogP contribution in [0.5, 0.6) is 0 Å². The van der Waals surface area contributed by atoms with Gasteiger partial charge in [0.2, 0.25) is 0 Å². The molecule has 0 aliphatic heterocycles. The van der Waals surface area contributed by atoms with Crippen LogP contribution in [0.25, 0.3) is 0 Å². The third kappa shape index (κ3) is 13.0. The zero-order valence-electron chi connectivity index (χ0n) is 21.3. The number of allylic oxidation sites excluding steroid dienone is 2. The van der Waals surface area contributed by atoms with Crippen molar-refractivity contribution < 1.29 is 0 Å². The molecule has 0 bridgehead atoms. The minimum absolute atomic E-state index is 0.473. The monoisotopic (exact) mass is 448 g/mol. The van der Waals surface area contributed by atoms with Crippen molar-refractivity contribution in [1.29, 1.82) is 0 Å². The molecule has 0 amide bonds. The first-order valence-corrected chi connectivity index (χ1v) is 11.9. The van der Waals surface area contributed by atoms with E-state index in [-0.39, 0.29) is 0 Å². The lowest BCUT2D eigenvalue weighted by Crippen LogP contribution is -1.85. The summed E-state index contributed by atoms with van der Waals surface area (Å²) in [6, 6.07) is 41.3. The normalized spacial score (nSPS) is 10.9. The highest BCUT2D eigenvalue weighted by Crippen LogP contribution is 2.14. The van der Waals surface area contributed by atoms with Crippen LogP contribution >= 0.6 is 0 Å². The Morgan fingerprint density at radius 3 is 0.853 bits per heavy atom. The molecule has 0 saturated carbocycles. The Labute approximate surface area is 208 Å². The van der Waals surface area contributed by atoms with Crippen molar-refractivity contribution in [3.8, 4) is 0 Å². The Kier molecular flexibility index (Phi) is 14.9. The van der Waals surface area contributed by atoms with Gasteiger partial charge in [0.25, 0.3) is 0 Å². The first-order valence-electron chi connectivity index (χ1n) is 11.9. The van der Waals surface area contributed by atoms with Crippen LogP contribution in [-0.2, 0) is 0 Å². The van der Waals surface area contributed by atoms with Gasteiger partial charge < -0.3 is 0 Å². The summed E-state index contributed by atoms with van der Waals surface area (Å²) in [5.41, 5.74) is 5.31. The van der Waals surface area contributed by atoms with Crippen LogP contribution in [0.2, 0.25) is 0 Å². The second kappa shape index (κ2) is 17.9. The molecule has 0 aliphatic carbocycles. The molecule has 4 rings (SSSR count). The Balaban J connectivity index is 0.000000230. The van der Waals surface area contributed by atoms with E-state index in [0.717, 1.165) is 0 Å². The van der Waals surface area contributed by atoms with E-state index in [0.29, 0.717) is 11.8 Å². The second-order valence-electron chi connectivity index (χ2n) is 8.18. The molecule has 0 N–H and O–H groups in total. The minimum Gasteiger partial charge on any atom is -0.102 e. The Hall–Kier alpha value is -3.64. The SMILES string of the molecule is C=CC(C)c1ccccc1.C=CC(C)c1ccccc1.Cc1ccccc1.Cc1ccccc1. The van der Waals surface area contributed by atoms with E-state index in [2.05, 4.69) is 114 Å². The maximum absolute atomic E-state index is 3.74. The standard InChI is InChI=1S/2C10H12.2C7H8/c2*1-3-9(2)10-7-5-4-6-8-10;2*1-7-5-3-2-4-6-7/h2*3-9H,1H2,2H3;2*2-6H,1H3. The van der Waals surface area contributed by atoms with E-state index in [9.17, 15) is 0 Å². The summed E-state index contributed by atoms with van der Waals surface area (Å²) in [7, 11) is 0. The topological polar surface area (TPSA) is 0 Å². The summed E-state index contributed by atoms with van der Waals surface area (Å²) in [6.45, 7) is 15.9. The zero-order valence-corrected chi connectivity index (χ0v) is 21.3. The summed E-state index contributed by atoms with van der Waals surface area (Å²) in [4.78, 5) is 0. The van der Waals surface area contributed by atoms with Gasteiger partial charge >= 0.3 is 0 Å². The Morgan fingerprint density at radius 2 is 0.676 bits per heavy atom. The molecule has 0 nitrogen and oxygen atoms in total. The summed E-state index contributed by atoms with van der Waals surface area (Å²) in [6.07, 6.45) is 3.91. The number of rotatable bonds is 4. The first kappa shape index (κ1) is 28.4. The predicted octanol–water partition coefficient (Wildman–Crippen LogP) is 9.94. The van der Waals surface area contributed by atoms with Gasteiger partial charge in [-0.15, -0.1) is 13.2 Å². The van der Waals surface area contributed by atoms with Crippen LogP contribution < -0.4 is 0 Å². The molecule has 2 unspecified atom stereocenters. The van der Waals surface area contributed by atoms with E-state index in [1.807, 2.05) is 60.7 Å². The highest BCUT2D eigenvalue weighted by molar-refractivity contribution is 5.22. The van der Waals surface area contributed by atoms with Gasteiger partial charge in [-0.3, -0.25) is 0 Å². The van der Waals surface area contributed by atoms with Crippen LogP contribution in [0, 0.1) is 13.8 Å². The van der Waals surface area contributed by atoms with Gasteiger partial charge in [-0.1, -0.05) is 158 Å². The molecule has 4 aromatic rings. The van der Waals surface area contributed by atoms with Crippen LogP contribution in [0.15, 0.2) is 147 Å². The number of benzene rings is 4. The average Bonchev–Trinajstić information content (AvgIpc) is 2.91. The third-order valence-corrected chi connectivity index (χ3v) is 5.24. The molecule has 176 valence electrons. The lowest BCUT2D eigenvalue weighted by atomic mass is 10.0. The van der Waals surface area contributed by atoms with E-state index in [1.54, 1.807) is 0 Å². The van der Waals surface area contributed by atoms with Crippen molar-refractivity contribution in [2.45, 2.75) is 39.5 Å². The van der Waals surface area contributed by atoms with Gasteiger partial charge in [-0.2, -0.15) is 0 Å². The maximum Gasteiger partial charge on any atom is -0.00131 e. The molecular formula is C34H40. The fourth-order valence-corrected chi connectivity index (χ4v) is 2.85. The van der Waals surface area contributed by atoms with E-state index < -0.39 is 0 Å². The highest BCUT2D eigenvalue weighted by Gasteiger charge is 1.97. The average molecular weight is 449 g/mol. The maximum atomic E-state index is 3.74. The molecule has 0 heterocycles. The number of aryl methyl sites for hydroxylation is 2. The molecule has 34 heavy (non-hydrogen) atoms. The summed E-state index contributed by atoms with van der Waals surface area (Å²) in [5, 5.41) is 0. The summed E-state index contributed by atoms with van der Waals surface area (Å²) in [5.74, 6) is 0.947. The van der Waals surface area contributed by atoms with Crippen molar-refractivity contribution >= 4 is 0 Å². The lowest BCUT2D eigenvalue weighted by molar-refractivity contribution is 0.971. The van der Waals surface area contributed by atoms with Crippen LogP contribution in [0.3, 0.4) is 0 Å². The Bertz CT molecular complexity index is 916. The van der Waals surface area contributed by atoms with Crippen LogP contribution in [0.4, 0.5) is 0 Å². The molecule has 0 spiro atoms. The van der Waals surface area contributed by atoms with E-state index in [1.165, 1.54) is 22.3 Å². The molecule has 0 aliphatic rings. The molecule has 0 saturated heterocycles. The molecule has 0 heteroatoms. The largest absolute Gasteiger partial charge is 0.102 e.